The standard InChI is InChI=1S/C25H30N2O/c1-20-17-21(2)25(22(3)18-20)26-24(28)19-27(14-8-5-9-15-27)16-10-13-23-11-6-4-7-12-23/h4,6-7,11-12,17-18H,5,8-9,14-16,19H2,1-3H3/p+1. The predicted molar refractivity (Wildman–Crippen MR) is 116 cm³/mol. The van der Waals surface area contributed by atoms with Gasteiger partial charge < -0.3 is 9.80 Å². The van der Waals surface area contributed by atoms with Gasteiger partial charge in [-0.2, -0.15) is 0 Å². The molecule has 0 unspecified atom stereocenters. The largest absolute Gasteiger partial charge is 0.321 e. The average molecular weight is 376 g/mol. The van der Waals surface area contributed by atoms with Crippen molar-refractivity contribution in [2.24, 2.45) is 0 Å². The van der Waals surface area contributed by atoms with E-state index in [4.69, 9.17) is 0 Å². The zero-order chi connectivity index (χ0) is 20.0. The summed E-state index contributed by atoms with van der Waals surface area (Å²) in [5, 5.41) is 3.18. The number of carbonyl (C=O) groups excluding carboxylic acids is 1. The summed E-state index contributed by atoms with van der Waals surface area (Å²) >= 11 is 0. The summed E-state index contributed by atoms with van der Waals surface area (Å²) in [6, 6.07) is 14.3. The molecule has 1 aliphatic heterocycles. The predicted octanol–water partition coefficient (Wildman–Crippen LogP) is 4.60. The number of carbonyl (C=O) groups is 1. The maximum Gasteiger partial charge on any atom is 0.279 e. The van der Waals surface area contributed by atoms with Gasteiger partial charge in [-0.15, -0.1) is 0 Å². The van der Waals surface area contributed by atoms with E-state index in [-0.39, 0.29) is 5.91 Å². The Morgan fingerprint density at radius 2 is 1.64 bits per heavy atom. The summed E-state index contributed by atoms with van der Waals surface area (Å²) in [4.78, 5) is 12.9. The molecule has 1 aliphatic rings. The molecule has 0 aliphatic carbocycles. The Kier molecular flexibility index (Phi) is 6.54. The number of hydrogen-bond donors (Lipinski definition) is 1. The second-order valence-corrected chi connectivity index (χ2v) is 8.16. The molecule has 2 aromatic carbocycles. The molecule has 146 valence electrons. The van der Waals surface area contributed by atoms with Crippen LogP contribution in [0.4, 0.5) is 5.69 Å². The Morgan fingerprint density at radius 3 is 2.29 bits per heavy atom. The molecule has 28 heavy (non-hydrogen) atoms. The number of amides is 1. The van der Waals surface area contributed by atoms with Gasteiger partial charge in [0.25, 0.3) is 5.91 Å². The van der Waals surface area contributed by atoms with Crippen molar-refractivity contribution in [3.8, 4) is 11.8 Å². The van der Waals surface area contributed by atoms with Gasteiger partial charge in [0.1, 0.15) is 6.54 Å². The molecule has 3 heteroatoms. The molecular weight excluding hydrogens is 344 g/mol. The van der Waals surface area contributed by atoms with E-state index in [1.54, 1.807) is 0 Å². The molecule has 1 N–H and O–H groups in total. The number of rotatable bonds is 4. The molecule has 1 fully saturated rings. The van der Waals surface area contributed by atoms with Crippen LogP contribution in [0.3, 0.4) is 0 Å². The molecule has 0 spiro atoms. The summed E-state index contributed by atoms with van der Waals surface area (Å²) in [7, 11) is 0. The minimum atomic E-state index is 0.0958. The summed E-state index contributed by atoms with van der Waals surface area (Å²) in [6.45, 7) is 9.50. The van der Waals surface area contributed by atoms with E-state index in [9.17, 15) is 4.79 Å². The van der Waals surface area contributed by atoms with Gasteiger partial charge in [-0.25, -0.2) is 0 Å². The number of nitrogens with one attached hydrogen (secondary N) is 1. The smallest absolute Gasteiger partial charge is 0.279 e. The van der Waals surface area contributed by atoms with Crippen LogP contribution in [0.1, 0.15) is 41.5 Å². The number of quaternary nitrogens is 1. The van der Waals surface area contributed by atoms with E-state index in [2.05, 4.69) is 50.1 Å². The lowest BCUT2D eigenvalue weighted by Crippen LogP contribution is -2.55. The Hall–Kier alpha value is -2.57. The lowest BCUT2D eigenvalue weighted by molar-refractivity contribution is -0.918. The number of benzene rings is 2. The van der Waals surface area contributed by atoms with Crippen LogP contribution in [0.25, 0.3) is 0 Å². The molecule has 0 saturated carbocycles. The van der Waals surface area contributed by atoms with E-state index in [1.807, 2.05) is 30.3 Å². The van der Waals surface area contributed by atoms with E-state index in [0.717, 1.165) is 46.5 Å². The van der Waals surface area contributed by atoms with Crippen molar-refractivity contribution in [3.63, 3.8) is 0 Å². The molecule has 1 amide bonds. The fraction of sp³-hybridized carbons (Fsp3) is 0.400. The van der Waals surface area contributed by atoms with Gasteiger partial charge in [0.2, 0.25) is 0 Å². The third kappa shape index (κ3) is 5.24. The van der Waals surface area contributed by atoms with Crippen molar-refractivity contribution in [2.75, 3.05) is 31.5 Å². The number of likely N-dealkylation sites (tertiary alicyclic amines) is 1. The van der Waals surface area contributed by atoms with Crippen molar-refractivity contribution in [2.45, 2.75) is 40.0 Å². The monoisotopic (exact) mass is 375 g/mol. The van der Waals surface area contributed by atoms with Crippen molar-refractivity contribution in [1.29, 1.82) is 0 Å². The molecule has 3 nitrogen and oxygen atoms in total. The molecule has 3 rings (SSSR count). The second-order valence-electron chi connectivity index (χ2n) is 8.16. The number of hydrogen-bond acceptors (Lipinski definition) is 1. The van der Waals surface area contributed by atoms with Gasteiger partial charge >= 0.3 is 0 Å². The van der Waals surface area contributed by atoms with Gasteiger partial charge in [0.15, 0.2) is 6.54 Å². The second kappa shape index (κ2) is 9.08. The van der Waals surface area contributed by atoms with Crippen LogP contribution in [0, 0.1) is 32.6 Å². The van der Waals surface area contributed by atoms with Gasteiger partial charge in [-0.3, -0.25) is 4.79 Å². The molecule has 0 radical (unpaired) electrons. The third-order valence-electron chi connectivity index (χ3n) is 5.61. The summed E-state index contributed by atoms with van der Waals surface area (Å²) < 4.78 is 0.773. The van der Waals surface area contributed by atoms with Gasteiger partial charge in [-0.1, -0.05) is 41.8 Å². The van der Waals surface area contributed by atoms with Crippen LogP contribution < -0.4 is 5.32 Å². The SMILES string of the molecule is Cc1cc(C)c(NC(=O)C[N+]2(CC#Cc3ccccc3)CCCCC2)c(C)c1. The maximum atomic E-state index is 12.9. The topological polar surface area (TPSA) is 29.1 Å². The first kappa shape index (κ1) is 20.2. The Balaban J connectivity index is 1.72. The molecule has 1 heterocycles. The van der Waals surface area contributed by atoms with Crippen molar-refractivity contribution in [1.82, 2.24) is 0 Å². The number of anilines is 1. The minimum absolute atomic E-state index is 0.0958. The highest BCUT2D eigenvalue weighted by molar-refractivity contribution is 5.93. The van der Waals surface area contributed by atoms with E-state index in [1.165, 1.54) is 24.8 Å². The lowest BCUT2D eigenvalue weighted by atomic mass is 10.0. The molecule has 2 aromatic rings. The van der Waals surface area contributed by atoms with Crippen LogP contribution in [0.15, 0.2) is 42.5 Å². The summed E-state index contributed by atoms with van der Waals surface area (Å²) in [5.74, 6) is 6.72. The van der Waals surface area contributed by atoms with Crippen LogP contribution in [0.5, 0.6) is 0 Å². The highest BCUT2D eigenvalue weighted by Crippen LogP contribution is 2.23. The molecule has 0 aromatic heterocycles. The number of aryl methyl sites for hydroxylation is 3. The van der Waals surface area contributed by atoms with Crippen LogP contribution in [-0.4, -0.2) is 36.6 Å². The minimum Gasteiger partial charge on any atom is -0.321 e. The Bertz CT molecular complexity index is 861. The lowest BCUT2D eigenvalue weighted by Gasteiger charge is -2.39. The number of nitrogens with zero attached hydrogens (tertiary/aromatic N) is 1. The van der Waals surface area contributed by atoms with Gasteiger partial charge in [0, 0.05) is 11.3 Å². The van der Waals surface area contributed by atoms with E-state index >= 15 is 0 Å². The average Bonchev–Trinajstić information content (AvgIpc) is 2.66. The molecule has 0 bridgehead atoms. The summed E-state index contributed by atoms with van der Waals surface area (Å²) in [5.41, 5.74) is 5.47. The first-order valence-electron chi connectivity index (χ1n) is 10.2. The summed E-state index contributed by atoms with van der Waals surface area (Å²) in [6.07, 6.45) is 3.59. The maximum absolute atomic E-state index is 12.9. The highest BCUT2D eigenvalue weighted by atomic mass is 16.2. The fourth-order valence-electron chi connectivity index (χ4n) is 4.25. The van der Waals surface area contributed by atoms with Crippen LogP contribution in [0.2, 0.25) is 0 Å². The number of piperidine rings is 1. The Morgan fingerprint density at radius 1 is 1.00 bits per heavy atom. The fourth-order valence-corrected chi connectivity index (χ4v) is 4.25. The van der Waals surface area contributed by atoms with E-state index in [0.29, 0.717) is 6.54 Å². The van der Waals surface area contributed by atoms with Crippen molar-refractivity contribution < 1.29 is 9.28 Å². The Labute approximate surface area is 169 Å². The molecule has 0 atom stereocenters. The quantitative estimate of drug-likeness (QED) is 0.614. The van der Waals surface area contributed by atoms with Crippen LogP contribution in [-0.2, 0) is 4.79 Å². The van der Waals surface area contributed by atoms with Crippen LogP contribution >= 0.6 is 0 Å². The molecular formula is C25H31N2O+. The first-order chi connectivity index (χ1) is 13.5. The zero-order valence-electron chi connectivity index (χ0n) is 17.3. The first-order valence-corrected chi connectivity index (χ1v) is 10.2. The highest BCUT2D eigenvalue weighted by Gasteiger charge is 2.32. The zero-order valence-corrected chi connectivity index (χ0v) is 17.3. The van der Waals surface area contributed by atoms with Crippen molar-refractivity contribution >= 4 is 11.6 Å². The third-order valence-corrected chi connectivity index (χ3v) is 5.61. The molecule has 1 saturated heterocycles. The van der Waals surface area contributed by atoms with Gasteiger partial charge in [0.05, 0.1) is 13.1 Å². The normalized spacial score (nSPS) is 15.4. The van der Waals surface area contributed by atoms with E-state index < -0.39 is 0 Å². The van der Waals surface area contributed by atoms with Crippen molar-refractivity contribution in [3.05, 3.63) is 64.7 Å². The van der Waals surface area contributed by atoms with Gasteiger partial charge in [-0.05, 0) is 69.2 Å².